The Morgan fingerprint density at radius 3 is 2.86 bits per heavy atom. The zero-order valence-electron chi connectivity index (χ0n) is 7.48. The molecular weight excluding hydrogens is 200 g/mol. The van der Waals surface area contributed by atoms with E-state index in [1.807, 2.05) is 5.38 Å². The van der Waals surface area contributed by atoms with Gasteiger partial charge in [0.1, 0.15) is 5.75 Å². The normalized spacial score (nSPS) is 10.4. The predicted octanol–water partition coefficient (Wildman–Crippen LogP) is 2.61. The number of carbonyl (C=O) groups is 1. The molecule has 0 fully saturated rings. The van der Waals surface area contributed by atoms with Crippen LogP contribution in [0.15, 0.2) is 23.6 Å². The van der Waals surface area contributed by atoms with Crippen molar-refractivity contribution in [2.24, 2.45) is 0 Å². The highest BCUT2D eigenvalue weighted by Crippen LogP contribution is 2.32. The average molecular weight is 208 g/mol. The average Bonchev–Trinajstić information content (AvgIpc) is 2.64. The van der Waals surface area contributed by atoms with E-state index in [0.29, 0.717) is 5.56 Å². The smallest absolute Gasteiger partial charge is 0.336 e. The topological polar surface area (TPSA) is 46.5 Å². The van der Waals surface area contributed by atoms with Crippen LogP contribution in [0.1, 0.15) is 10.4 Å². The van der Waals surface area contributed by atoms with Crippen molar-refractivity contribution < 1.29 is 14.6 Å². The standard InChI is InChI=1S/C10H8O3S/c1-13-8-3-2-7(10(11)12)6-4-5-14-9(6)8/h2-5H,1H3,(H,11,12). The molecule has 72 valence electrons. The van der Waals surface area contributed by atoms with Crippen molar-refractivity contribution in [3.05, 3.63) is 29.1 Å². The second-order valence-corrected chi connectivity index (χ2v) is 3.70. The first kappa shape index (κ1) is 9.02. The zero-order chi connectivity index (χ0) is 10.1. The number of carboxylic acids is 1. The molecule has 0 saturated carbocycles. The number of thiophene rings is 1. The van der Waals surface area contributed by atoms with Crippen LogP contribution in [0.5, 0.6) is 5.75 Å². The molecule has 1 N–H and O–H groups in total. The van der Waals surface area contributed by atoms with E-state index in [1.54, 1.807) is 25.3 Å². The quantitative estimate of drug-likeness (QED) is 0.825. The summed E-state index contributed by atoms with van der Waals surface area (Å²) < 4.78 is 6.02. The summed E-state index contributed by atoms with van der Waals surface area (Å²) in [4.78, 5) is 10.9. The Morgan fingerprint density at radius 1 is 1.43 bits per heavy atom. The van der Waals surface area contributed by atoms with Crippen LogP contribution in [0, 0.1) is 0 Å². The van der Waals surface area contributed by atoms with Crippen LogP contribution >= 0.6 is 11.3 Å². The molecule has 1 heterocycles. The summed E-state index contributed by atoms with van der Waals surface area (Å²) in [6.07, 6.45) is 0. The highest BCUT2D eigenvalue weighted by Gasteiger charge is 2.12. The maximum absolute atomic E-state index is 10.9. The van der Waals surface area contributed by atoms with Gasteiger partial charge >= 0.3 is 5.97 Å². The lowest BCUT2D eigenvalue weighted by Crippen LogP contribution is -1.96. The lowest BCUT2D eigenvalue weighted by Gasteiger charge is -2.03. The molecule has 0 amide bonds. The molecule has 0 radical (unpaired) electrons. The van der Waals surface area contributed by atoms with E-state index >= 15 is 0 Å². The van der Waals surface area contributed by atoms with Gasteiger partial charge in [0.05, 0.1) is 17.4 Å². The molecule has 0 atom stereocenters. The Hall–Kier alpha value is -1.55. The van der Waals surface area contributed by atoms with Gasteiger partial charge in [0.25, 0.3) is 0 Å². The van der Waals surface area contributed by atoms with Crippen molar-refractivity contribution >= 4 is 27.4 Å². The maximum atomic E-state index is 10.9. The molecular formula is C10H8O3S. The third-order valence-corrected chi connectivity index (χ3v) is 2.96. The number of hydrogen-bond acceptors (Lipinski definition) is 3. The highest BCUT2D eigenvalue weighted by atomic mass is 32.1. The first-order valence-corrected chi connectivity index (χ1v) is 4.89. The number of benzene rings is 1. The van der Waals surface area contributed by atoms with Crippen LogP contribution in [-0.4, -0.2) is 18.2 Å². The summed E-state index contributed by atoms with van der Waals surface area (Å²) >= 11 is 1.48. The van der Waals surface area contributed by atoms with Gasteiger partial charge < -0.3 is 9.84 Å². The molecule has 0 bridgehead atoms. The third-order valence-electron chi connectivity index (χ3n) is 2.03. The number of carboxylic acid groups (broad SMARTS) is 1. The summed E-state index contributed by atoms with van der Waals surface area (Å²) in [5.41, 5.74) is 0.321. The Balaban J connectivity index is 2.78. The lowest BCUT2D eigenvalue weighted by molar-refractivity contribution is 0.0699. The molecule has 1 aromatic carbocycles. The van der Waals surface area contributed by atoms with Crippen LogP contribution in [0.2, 0.25) is 0 Å². The van der Waals surface area contributed by atoms with Crippen molar-refractivity contribution in [3.8, 4) is 5.75 Å². The Morgan fingerprint density at radius 2 is 2.21 bits per heavy atom. The fraction of sp³-hybridized carbons (Fsp3) is 0.100. The van der Waals surface area contributed by atoms with Crippen molar-refractivity contribution in [3.63, 3.8) is 0 Å². The zero-order valence-corrected chi connectivity index (χ0v) is 8.30. The second-order valence-electron chi connectivity index (χ2n) is 2.78. The van der Waals surface area contributed by atoms with Gasteiger partial charge in [-0.3, -0.25) is 0 Å². The van der Waals surface area contributed by atoms with Crippen molar-refractivity contribution in [2.75, 3.05) is 7.11 Å². The van der Waals surface area contributed by atoms with E-state index in [2.05, 4.69) is 0 Å². The van der Waals surface area contributed by atoms with E-state index in [1.165, 1.54) is 11.3 Å². The fourth-order valence-corrected chi connectivity index (χ4v) is 2.30. The molecule has 2 rings (SSSR count). The van der Waals surface area contributed by atoms with Crippen LogP contribution in [0.4, 0.5) is 0 Å². The van der Waals surface area contributed by atoms with Gasteiger partial charge in [-0.15, -0.1) is 11.3 Å². The SMILES string of the molecule is COc1ccc(C(=O)O)c2ccsc12. The molecule has 0 unspecified atom stereocenters. The molecule has 4 heteroatoms. The monoisotopic (exact) mass is 208 g/mol. The molecule has 3 nitrogen and oxygen atoms in total. The van der Waals surface area contributed by atoms with Crippen LogP contribution < -0.4 is 4.74 Å². The van der Waals surface area contributed by atoms with Gasteiger partial charge in [-0.1, -0.05) is 0 Å². The number of hydrogen-bond donors (Lipinski definition) is 1. The molecule has 0 saturated heterocycles. The molecule has 0 aliphatic rings. The lowest BCUT2D eigenvalue weighted by atomic mass is 10.1. The van der Waals surface area contributed by atoms with Gasteiger partial charge in [0.2, 0.25) is 0 Å². The largest absolute Gasteiger partial charge is 0.495 e. The molecule has 14 heavy (non-hydrogen) atoms. The second kappa shape index (κ2) is 3.31. The summed E-state index contributed by atoms with van der Waals surface area (Å²) in [7, 11) is 1.58. The summed E-state index contributed by atoms with van der Waals surface area (Å²) in [5, 5.41) is 11.5. The van der Waals surface area contributed by atoms with Crippen molar-refractivity contribution in [1.82, 2.24) is 0 Å². The number of methoxy groups -OCH3 is 1. The third kappa shape index (κ3) is 1.24. The fourth-order valence-electron chi connectivity index (χ4n) is 1.38. The summed E-state index contributed by atoms with van der Waals surface area (Å²) in [5.74, 6) is -0.184. The number of aromatic carboxylic acids is 1. The molecule has 0 aliphatic carbocycles. The van der Waals surface area contributed by atoms with Gasteiger partial charge in [-0.05, 0) is 23.6 Å². The van der Waals surface area contributed by atoms with Crippen LogP contribution in [0.25, 0.3) is 10.1 Å². The Bertz CT molecular complexity index is 487. The molecule has 0 spiro atoms. The maximum Gasteiger partial charge on any atom is 0.336 e. The number of rotatable bonds is 2. The van der Waals surface area contributed by atoms with Gasteiger partial charge in [-0.25, -0.2) is 4.79 Å². The van der Waals surface area contributed by atoms with E-state index in [0.717, 1.165) is 15.8 Å². The van der Waals surface area contributed by atoms with E-state index in [-0.39, 0.29) is 0 Å². The number of fused-ring (bicyclic) bond motifs is 1. The Kier molecular flexibility index (Phi) is 2.13. The van der Waals surface area contributed by atoms with Gasteiger partial charge in [0.15, 0.2) is 0 Å². The first-order chi connectivity index (χ1) is 6.74. The van der Waals surface area contributed by atoms with Crippen molar-refractivity contribution in [2.45, 2.75) is 0 Å². The molecule has 0 aliphatic heterocycles. The summed E-state index contributed by atoms with van der Waals surface area (Å²) in [6, 6.07) is 5.05. The van der Waals surface area contributed by atoms with Crippen molar-refractivity contribution in [1.29, 1.82) is 0 Å². The van der Waals surface area contributed by atoms with E-state index in [4.69, 9.17) is 9.84 Å². The molecule has 1 aromatic heterocycles. The first-order valence-electron chi connectivity index (χ1n) is 4.01. The van der Waals surface area contributed by atoms with Gasteiger partial charge in [0, 0.05) is 5.39 Å². The summed E-state index contributed by atoms with van der Waals surface area (Å²) in [6.45, 7) is 0. The number of ether oxygens (including phenoxy) is 1. The van der Waals surface area contributed by atoms with Crippen LogP contribution in [-0.2, 0) is 0 Å². The minimum Gasteiger partial charge on any atom is -0.495 e. The minimum absolute atomic E-state index is 0.321. The van der Waals surface area contributed by atoms with E-state index < -0.39 is 5.97 Å². The van der Waals surface area contributed by atoms with Gasteiger partial charge in [-0.2, -0.15) is 0 Å². The highest BCUT2D eigenvalue weighted by molar-refractivity contribution is 7.17. The van der Waals surface area contributed by atoms with Crippen LogP contribution in [0.3, 0.4) is 0 Å². The van der Waals surface area contributed by atoms with E-state index in [9.17, 15) is 4.79 Å². The Labute approximate surface area is 84.6 Å². The molecule has 2 aromatic rings. The predicted molar refractivity (Wildman–Crippen MR) is 55.3 cm³/mol. The minimum atomic E-state index is -0.906.